The maximum Gasteiger partial charge on any atom is 0.404 e. The minimum absolute atomic E-state index is 0.0556. The van der Waals surface area contributed by atoms with Crippen LogP contribution in [-0.4, -0.2) is 42.3 Å². The number of alkyl halides is 3. The van der Waals surface area contributed by atoms with E-state index in [9.17, 15) is 22.8 Å². The Hall–Kier alpha value is -1.31. The summed E-state index contributed by atoms with van der Waals surface area (Å²) < 4.78 is 39.4. The normalized spacial score (nSPS) is 24.7. The van der Waals surface area contributed by atoms with Crippen LogP contribution in [0, 0.1) is 11.3 Å². The molecule has 1 rings (SSSR count). The van der Waals surface area contributed by atoms with Gasteiger partial charge in [-0.2, -0.15) is 13.2 Å². The van der Waals surface area contributed by atoms with Gasteiger partial charge in [0.15, 0.2) is 5.41 Å². The highest BCUT2D eigenvalue weighted by atomic mass is 19.4. The van der Waals surface area contributed by atoms with Gasteiger partial charge in [0.05, 0.1) is 0 Å². The van der Waals surface area contributed by atoms with Crippen LogP contribution in [-0.2, 0) is 9.59 Å². The molecule has 0 aromatic heterocycles. The quantitative estimate of drug-likeness (QED) is 0.711. The van der Waals surface area contributed by atoms with Crippen LogP contribution in [0.5, 0.6) is 0 Å². The van der Waals surface area contributed by atoms with E-state index in [0.717, 1.165) is 0 Å². The summed E-state index contributed by atoms with van der Waals surface area (Å²) in [6.45, 7) is 3.03. The Bertz CT molecular complexity index is 377. The molecular formula is C12H19F3N2O3. The van der Waals surface area contributed by atoms with Crippen molar-refractivity contribution in [3.63, 3.8) is 0 Å². The summed E-state index contributed by atoms with van der Waals surface area (Å²) in [5.74, 6) is -2.64. The molecule has 2 unspecified atom stereocenters. The molecule has 5 nitrogen and oxygen atoms in total. The van der Waals surface area contributed by atoms with Gasteiger partial charge in [-0.05, 0) is 25.3 Å². The van der Waals surface area contributed by atoms with Crippen molar-refractivity contribution >= 4 is 11.9 Å². The number of hydrogen-bond donors (Lipinski definition) is 3. The van der Waals surface area contributed by atoms with Crippen molar-refractivity contribution < 1.29 is 27.9 Å². The number of carboxylic acid groups (broad SMARTS) is 1. The number of nitrogens with one attached hydrogen (secondary N) is 2. The van der Waals surface area contributed by atoms with Crippen LogP contribution in [0.25, 0.3) is 0 Å². The summed E-state index contributed by atoms with van der Waals surface area (Å²) in [5, 5.41) is 13.5. The van der Waals surface area contributed by atoms with Gasteiger partial charge < -0.3 is 15.7 Å². The number of halogens is 3. The number of hydrogen-bond acceptors (Lipinski definition) is 3. The number of aliphatic carboxylic acids is 1. The molecule has 1 amide bonds. The first kappa shape index (κ1) is 16.7. The number of carboxylic acids is 1. The molecule has 0 aromatic carbocycles. The summed E-state index contributed by atoms with van der Waals surface area (Å²) in [6.07, 6.45) is -5.00. The van der Waals surface area contributed by atoms with E-state index in [-0.39, 0.29) is 25.3 Å². The lowest BCUT2D eigenvalue weighted by Gasteiger charge is -2.31. The van der Waals surface area contributed by atoms with Crippen LogP contribution >= 0.6 is 0 Å². The third-order valence-corrected chi connectivity index (χ3v) is 3.44. The molecule has 0 aromatic rings. The maximum absolute atomic E-state index is 13.1. The maximum atomic E-state index is 13.1. The molecule has 0 aliphatic carbocycles. The van der Waals surface area contributed by atoms with E-state index < -0.39 is 36.1 Å². The van der Waals surface area contributed by atoms with Crippen molar-refractivity contribution in [2.45, 2.75) is 38.9 Å². The van der Waals surface area contributed by atoms with E-state index in [1.807, 2.05) is 5.32 Å². The second-order valence-corrected chi connectivity index (χ2v) is 5.50. The Labute approximate surface area is 114 Å². The summed E-state index contributed by atoms with van der Waals surface area (Å²) in [6, 6.07) is -1.30. The summed E-state index contributed by atoms with van der Waals surface area (Å²) in [5.41, 5.74) is -2.53. The SMILES string of the molecule is CC(C)CC(NC(=O)C1(C(F)(F)F)CCNC1)C(=O)O. The molecule has 116 valence electrons. The van der Waals surface area contributed by atoms with E-state index in [1.54, 1.807) is 13.8 Å². The first-order chi connectivity index (χ1) is 9.10. The number of carbonyl (C=O) groups is 2. The van der Waals surface area contributed by atoms with Gasteiger partial charge in [0.25, 0.3) is 0 Å². The topological polar surface area (TPSA) is 78.4 Å². The first-order valence-electron chi connectivity index (χ1n) is 6.41. The largest absolute Gasteiger partial charge is 0.480 e. The van der Waals surface area contributed by atoms with Crippen molar-refractivity contribution in [2.75, 3.05) is 13.1 Å². The second-order valence-electron chi connectivity index (χ2n) is 5.50. The van der Waals surface area contributed by atoms with Crippen LogP contribution in [0.15, 0.2) is 0 Å². The van der Waals surface area contributed by atoms with Gasteiger partial charge in [-0.1, -0.05) is 13.8 Å². The van der Waals surface area contributed by atoms with Crippen LogP contribution in [0.4, 0.5) is 13.2 Å². The van der Waals surface area contributed by atoms with Crippen molar-refractivity contribution in [1.29, 1.82) is 0 Å². The predicted molar refractivity (Wildman–Crippen MR) is 65.0 cm³/mol. The molecule has 1 heterocycles. The molecule has 20 heavy (non-hydrogen) atoms. The van der Waals surface area contributed by atoms with E-state index in [0.29, 0.717) is 0 Å². The Morgan fingerprint density at radius 1 is 1.40 bits per heavy atom. The number of amides is 1. The van der Waals surface area contributed by atoms with E-state index >= 15 is 0 Å². The standard InChI is InChI=1S/C12H19F3N2O3/c1-7(2)5-8(9(18)19)17-10(20)11(12(13,14)15)3-4-16-6-11/h7-8,16H,3-6H2,1-2H3,(H,17,20)(H,18,19). The third-order valence-electron chi connectivity index (χ3n) is 3.44. The van der Waals surface area contributed by atoms with E-state index in [1.165, 1.54) is 0 Å². The van der Waals surface area contributed by atoms with Crippen molar-refractivity contribution in [3.05, 3.63) is 0 Å². The lowest BCUT2D eigenvalue weighted by molar-refractivity contribution is -0.216. The van der Waals surface area contributed by atoms with Gasteiger partial charge >= 0.3 is 12.1 Å². The number of carbonyl (C=O) groups excluding carboxylic acids is 1. The highest BCUT2D eigenvalue weighted by molar-refractivity contribution is 5.88. The molecule has 0 radical (unpaired) electrons. The van der Waals surface area contributed by atoms with Gasteiger partial charge in [-0.3, -0.25) is 4.79 Å². The molecule has 0 saturated carbocycles. The molecule has 3 N–H and O–H groups in total. The molecule has 1 saturated heterocycles. The van der Waals surface area contributed by atoms with Crippen LogP contribution in [0.3, 0.4) is 0 Å². The lowest BCUT2D eigenvalue weighted by atomic mass is 9.84. The highest BCUT2D eigenvalue weighted by Gasteiger charge is 2.61. The van der Waals surface area contributed by atoms with Crippen molar-refractivity contribution in [2.24, 2.45) is 11.3 Å². The summed E-state index contributed by atoms with van der Waals surface area (Å²) in [4.78, 5) is 23.0. The minimum Gasteiger partial charge on any atom is -0.480 e. The monoisotopic (exact) mass is 296 g/mol. The number of rotatable bonds is 5. The van der Waals surface area contributed by atoms with Gasteiger partial charge in [-0.15, -0.1) is 0 Å². The van der Waals surface area contributed by atoms with Gasteiger partial charge in [-0.25, -0.2) is 4.79 Å². The molecule has 8 heteroatoms. The van der Waals surface area contributed by atoms with Crippen molar-refractivity contribution in [1.82, 2.24) is 10.6 Å². The predicted octanol–water partition coefficient (Wildman–Crippen LogP) is 1.14. The van der Waals surface area contributed by atoms with Crippen LogP contribution in [0.2, 0.25) is 0 Å². The fraction of sp³-hybridized carbons (Fsp3) is 0.833. The van der Waals surface area contributed by atoms with Crippen molar-refractivity contribution in [3.8, 4) is 0 Å². The molecule has 0 spiro atoms. The molecular weight excluding hydrogens is 277 g/mol. The average molecular weight is 296 g/mol. The van der Waals surface area contributed by atoms with Crippen LogP contribution in [0.1, 0.15) is 26.7 Å². The lowest BCUT2D eigenvalue weighted by Crippen LogP contribution is -2.56. The smallest absolute Gasteiger partial charge is 0.404 e. The Morgan fingerprint density at radius 3 is 2.35 bits per heavy atom. The zero-order chi connectivity index (χ0) is 15.6. The Morgan fingerprint density at radius 2 is 2.00 bits per heavy atom. The van der Waals surface area contributed by atoms with Gasteiger partial charge in [0.2, 0.25) is 5.91 Å². The average Bonchev–Trinajstić information content (AvgIpc) is 2.76. The second kappa shape index (κ2) is 5.99. The van der Waals surface area contributed by atoms with Crippen LogP contribution < -0.4 is 10.6 Å². The van der Waals surface area contributed by atoms with E-state index in [4.69, 9.17) is 5.11 Å². The van der Waals surface area contributed by atoms with Gasteiger partial charge in [0.1, 0.15) is 6.04 Å². The molecule has 0 bridgehead atoms. The molecule has 1 aliphatic rings. The fourth-order valence-electron chi connectivity index (χ4n) is 2.25. The first-order valence-corrected chi connectivity index (χ1v) is 6.41. The fourth-order valence-corrected chi connectivity index (χ4v) is 2.25. The minimum atomic E-state index is -4.71. The van der Waals surface area contributed by atoms with Gasteiger partial charge in [0, 0.05) is 6.54 Å². The molecule has 1 aliphatic heterocycles. The van der Waals surface area contributed by atoms with E-state index in [2.05, 4.69) is 5.32 Å². The molecule has 2 atom stereocenters. The third kappa shape index (κ3) is 3.41. The summed E-state index contributed by atoms with van der Waals surface area (Å²) >= 11 is 0. The zero-order valence-corrected chi connectivity index (χ0v) is 11.4. The molecule has 1 fully saturated rings. The Kier molecular flexibility index (Phi) is 5.01. The highest BCUT2D eigenvalue weighted by Crippen LogP contribution is 2.43. The summed E-state index contributed by atoms with van der Waals surface area (Å²) in [7, 11) is 0. The zero-order valence-electron chi connectivity index (χ0n) is 11.4. The Balaban J connectivity index is 2.88.